The highest BCUT2D eigenvalue weighted by atomic mass is 28.4. The van der Waals surface area contributed by atoms with Gasteiger partial charge in [0.1, 0.15) is 5.75 Å². The van der Waals surface area contributed by atoms with E-state index in [9.17, 15) is 4.79 Å². The third-order valence-corrected chi connectivity index (χ3v) is 10.6. The van der Waals surface area contributed by atoms with Gasteiger partial charge in [0.2, 0.25) is 0 Å². The summed E-state index contributed by atoms with van der Waals surface area (Å²) in [7, 11) is -1.90. The smallest absolute Gasteiger partial charge is 0.302 e. The van der Waals surface area contributed by atoms with Crippen LogP contribution in [0.5, 0.6) is 5.75 Å². The average molecular weight is 337 g/mol. The summed E-state index contributed by atoms with van der Waals surface area (Å²) in [5.74, 6) is 0.732. The molecule has 0 aliphatic heterocycles. The Bertz CT molecular complexity index is 470. The molecular formula is C19H32O3Si. The zero-order valence-corrected chi connectivity index (χ0v) is 16.7. The zero-order valence-electron chi connectivity index (χ0n) is 15.7. The van der Waals surface area contributed by atoms with Crippen LogP contribution < -0.4 is 4.43 Å². The third-order valence-electron chi connectivity index (χ3n) is 4.62. The monoisotopic (exact) mass is 336 g/mol. The standard InChI is InChI=1S/C19H32O3Si/c1-14(2)23(15(3)4,16(5)6)22-19-10-8-18(9-11-19)12-13-21-17(7)20/h8-11,14-16H,12-13H2,1-7H3. The molecule has 0 aromatic heterocycles. The molecule has 1 rings (SSSR count). The summed E-state index contributed by atoms with van der Waals surface area (Å²) in [5.41, 5.74) is 2.84. The van der Waals surface area contributed by atoms with Crippen molar-refractivity contribution >= 4 is 14.3 Å². The van der Waals surface area contributed by atoms with Crippen molar-refractivity contribution in [1.29, 1.82) is 0 Å². The van der Waals surface area contributed by atoms with Gasteiger partial charge >= 0.3 is 5.97 Å². The van der Waals surface area contributed by atoms with Crippen molar-refractivity contribution in [3.05, 3.63) is 29.8 Å². The molecule has 0 amide bonds. The lowest BCUT2D eigenvalue weighted by Crippen LogP contribution is -2.50. The lowest BCUT2D eigenvalue weighted by atomic mass is 10.1. The summed E-state index contributed by atoms with van der Waals surface area (Å²) in [6.45, 7) is 15.6. The highest BCUT2D eigenvalue weighted by Crippen LogP contribution is 2.42. The van der Waals surface area contributed by atoms with Gasteiger partial charge in [-0.25, -0.2) is 0 Å². The van der Waals surface area contributed by atoms with Crippen LogP contribution in [0.15, 0.2) is 24.3 Å². The fourth-order valence-corrected chi connectivity index (χ4v) is 8.85. The predicted molar refractivity (Wildman–Crippen MR) is 98.5 cm³/mol. The molecule has 0 saturated carbocycles. The first-order valence-corrected chi connectivity index (χ1v) is 10.8. The van der Waals surface area contributed by atoms with Gasteiger partial charge in [0.25, 0.3) is 8.32 Å². The van der Waals surface area contributed by atoms with Crippen LogP contribution in [0.2, 0.25) is 16.6 Å². The van der Waals surface area contributed by atoms with Crippen LogP contribution in [-0.4, -0.2) is 20.9 Å². The second kappa shape index (κ2) is 8.53. The fourth-order valence-electron chi connectivity index (χ4n) is 3.59. The Hall–Kier alpha value is -1.29. The molecular weight excluding hydrogens is 304 g/mol. The molecule has 23 heavy (non-hydrogen) atoms. The van der Waals surface area contributed by atoms with E-state index in [1.807, 2.05) is 0 Å². The van der Waals surface area contributed by atoms with Crippen LogP contribution in [-0.2, 0) is 16.0 Å². The number of ether oxygens (including phenoxy) is 1. The van der Waals surface area contributed by atoms with E-state index in [0.717, 1.165) is 17.7 Å². The van der Waals surface area contributed by atoms with Crippen LogP contribution in [0.25, 0.3) is 0 Å². The number of benzene rings is 1. The van der Waals surface area contributed by atoms with Gasteiger partial charge in [-0.1, -0.05) is 53.7 Å². The van der Waals surface area contributed by atoms with Crippen LogP contribution in [0.1, 0.15) is 54.0 Å². The fraction of sp³-hybridized carbons (Fsp3) is 0.632. The molecule has 0 aliphatic rings. The van der Waals surface area contributed by atoms with Crippen molar-refractivity contribution in [3.63, 3.8) is 0 Å². The van der Waals surface area contributed by atoms with Gasteiger partial charge < -0.3 is 9.16 Å². The van der Waals surface area contributed by atoms with Gasteiger partial charge in [0.05, 0.1) is 6.61 Å². The van der Waals surface area contributed by atoms with Gasteiger partial charge in [-0.15, -0.1) is 0 Å². The van der Waals surface area contributed by atoms with Crippen molar-refractivity contribution in [2.75, 3.05) is 6.61 Å². The molecule has 0 spiro atoms. The Morgan fingerprint density at radius 3 is 1.83 bits per heavy atom. The average Bonchev–Trinajstić information content (AvgIpc) is 2.44. The molecule has 0 heterocycles. The maximum Gasteiger partial charge on any atom is 0.302 e. The number of carbonyl (C=O) groups excluding carboxylic acids is 1. The molecule has 3 nitrogen and oxygen atoms in total. The van der Waals surface area contributed by atoms with E-state index in [1.54, 1.807) is 0 Å². The van der Waals surface area contributed by atoms with Crippen molar-refractivity contribution in [2.24, 2.45) is 0 Å². The Morgan fingerprint density at radius 1 is 0.957 bits per heavy atom. The summed E-state index contributed by atoms with van der Waals surface area (Å²) in [5, 5.41) is 0. The van der Waals surface area contributed by atoms with Gasteiger partial charge in [-0.2, -0.15) is 0 Å². The van der Waals surface area contributed by atoms with Gasteiger partial charge in [0, 0.05) is 13.3 Å². The molecule has 0 saturated heterocycles. The Kier molecular flexibility index (Phi) is 7.32. The minimum Gasteiger partial charge on any atom is -0.543 e. The van der Waals surface area contributed by atoms with E-state index in [2.05, 4.69) is 65.8 Å². The van der Waals surface area contributed by atoms with E-state index < -0.39 is 8.32 Å². The highest BCUT2D eigenvalue weighted by Gasteiger charge is 2.46. The number of carbonyl (C=O) groups is 1. The van der Waals surface area contributed by atoms with E-state index >= 15 is 0 Å². The summed E-state index contributed by atoms with van der Waals surface area (Å²) in [4.78, 5) is 10.8. The molecule has 0 aliphatic carbocycles. The molecule has 4 heteroatoms. The maximum absolute atomic E-state index is 10.8. The first-order chi connectivity index (χ1) is 10.7. The predicted octanol–water partition coefficient (Wildman–Crippen LogP) is 5.35. The molecule has 130 valence electrons. The van der Waals surface area contributed by atoms with Crippen LogP contribution >= 0.6 is 0 Å². The molecule has 1 aromatic carbocycles. The number of hydrogen-bond donors (Lipinski definition) is 0. The SMILES string of the molecule is CC(=O)OCCc1ccc(O[Si](C(C)C)(C(C)C)C(C)C)cc1. The largest absolute Gasteiger partial charge is 0.543 e. The highest BCUT2D eigenvalue weighted by molar-refractivity contribution is 6.78. The van der Waals surface area contributed by atoms with Crippen molar-refractivity contribution in [3.8, 4) is 5.75 Å². The Morgan fingerprint density at radius 2 is 1.43 bits per heavy atom. The molecule has 0 N–H and O–H groups in total. The number of rotatable bonds is 8. The van der Waals surface area contributed by atoms with Gasteiger partial charge in [-0.3, -0.25) is 4.79 Å². The van der Waals surface area contributed by atoms with Crippen molar-refractivity contribution < 1.29 is 14.0 Å². The van der Waals surface area contributed by atoms with E-state index in [4.69, 9.17) is 9.16 Å². The van der Waals surface area contributed by atoms with Crippen molar-refractivity contribution in [1.82, 2.24) is 0 Å². The van der Waals surface area contributed by atoms with E-state index in [0.29, 0.717) is 23.2 Å². The lowest BCUT2D eigenvalue weighted by molar-refractivity contribution is -0.140. The van der Waals surface area contributed by atoms with Crippen LogP contribution in [0.3, 0.4) is 0 Å². The molecule has 0 bridgehead atoms. The number of hydrogen-bond acceptors (Lipinski definition) is 3. The Balaban J connectivity index is 2.84. The van der Waals surface area contributed by atoms with E-state index in [-0.39, 0.29) is 5.97 Å². The zero-order chi connectivity index (χ0) is 17.6. The first kappa shape index (κ1) is 19.8. The number of esters is 1. The normalized spacial score (nSPS) is 12.1. The second-order valence-corrected chi connectivity index (χ2v) is 12.5. The topological polar surface area (TPSA) is 35.5 Å². The summed E-state index contributed by atoms with van der Waals surface area (Å²) in [6.07, 6.45) is 0.737. The van der Waals surface area contributed by atoms with Crippen LogP contribution in [0.4, 0.5) is 0 Å². The lowest BCUT2D eigenvalue weighted by Gasteiger charge is -2.42. The Labute approximate surface area is 142 Å². The van der Waals surface area contributed by atoms with Crippen LogP contribution in [0, 0.1) is 0 Å². The van der Waals surface area contributed by atoms with Gasteiger partial charge in [0.15, 0.2) is 0 Å². The first-order valence-electron chi connectivity index (χ1n) is 8.61. The van der Waals surface area contributed by atoms with Gasteiger partial charge in [-0.05, 0) is 34.3 Å². The summed E-state index contributed by atoms with van der Waals surface area (Å²) in [6, 6.07) is 8.24. The molecule has 0 unspecified atom stereocenters. The second-order valence-electron chi connectivity index (χ2n) is 7.15. The molecule has 0 atom stereocenters. The van der Waals surface area contributed by atoms with Crippen molar-refractivity contribution in [2.45, 2.75) is 71.5 Å². The molecule has 0 fully saturated rings. The minimum atomic E-state index is -1.90. The summed E-state index contributed by atoms with van der Waals surface area (Å²) < 4.78 is 11.6. The summed E-state index contributed by atoms with van der Waals surface area (Å²) >= 11 is 0. The minimum absolute atomic E-state index is 0.230. The maximum atomic E-state index is 10.8. The quantitative estimate of drug-likeness (QED) is 0.474. The molecule has 1 aromatic rings. The molecule has 0 radical (unpaired) electrons. The third kappa shape index (κ3) is 5.10. The van der Waals surface area contributed by atoms with E-state index in [1.165, 1.54) is 6.92 Å².